The predicted octanol–water partition coefficient (Wildman–Crippen LogP) is 6.79. The van der Waals surface area contributed by atoms with Crippen molar-refractivity contribution in [1.82, 2.24) is 0 Å². The topological polar surface area (TPSA) is 17.0 Å². The van der Waals surface area contributed by atoms with E-state index in [1.165, 1.54) is 15.9 Å². The SMILES string of the molecule is Cc1cc2c(oc3ccccc32)c(-c2c3cc(F)c4c(c3cc[n+]2C)[Si](C)(C)c2ccccc2-4)c1C. The van der Waals surface area contributed by atoms with Crippen LogP contribution in [0.25, 0.3) is 55.1 Å². The van der Waals surface area contributed by atoms with Gasteiger partial charge >= 0.3 is 0 Å². The Labute approximate surface area is 210 Å². The zero-order valence-corrected chi connectivity index (χ0v) is 22.2. The lowest BCUT2D eigenvalue weighted by atomic mass is 9.92. The Kier molecular flexibility index (Phi) is 4.27. The summed E-state index contributed by atoms with van der Waals surface area (Å²) >= 11 is 0. The summed E-state index contributed by atoms with van der Waals surface area (Å²) in [6, 6.07) is 22.7. The van der Waals surface area contributed by atoms with Gasteiger partial charge in [0, 0.05) is 22.4 Å². The van der Waals surface area contributed by atoms with E-state index in [1.807, 2.05) is 31.3 Å². The lowest BCUT2D eigenvalue weighted by Gasteiger charge is -2.21. The number of hydrogen-bond acceptors (Lipinski definition) is 1. The molecule has 3 heterocycles. The molecule has 4 aromatic carbocycles. The van der Waals surface area contributed by atoms with Crippen LogP contribution < -0.4 is 14.9 Å². The second-order valence-electron chi connectivity index (χ2n) is 10.7. The van der Waals surface area contributed by atoms with E-state index in [0.29, 0.717) is 0 Å². The first-order valence-corrected chi connectivity index (χ1v) is 15.5. The fraction of sp³-hybridized carbons (Fsp3) is 0.156. The zero-order valence-electron chi connectivity index (χ0n) is 21.2. The number of rotatable bonds is 1. The van der Waals surface area contributed by atoms with E-state index >= 15 is 4.39 Å². The van der Waals surface area contributed by atoms with Gasteiger partial charge < -0.3 is 4.42 Å². The zero-order chi connectivity index (χ0) is 24.9. The number of para-hydroxylation sites is 1. The highest BCUT2D eigenvalue weighted by atomic mass is 28.3. The molecule has 0 radical (unpaired) electrons. The Morgan fingerprint density at radius 2 is 1.56 bits per heavy atom. The third-order valence-corrected chi connectivity index (χ3v) is 11.9. The molecule has 4 heteroatoms. The van der Waals surface area contributed by atoms with Gasteiger partial charge in [-0.2, -0.15) is 0 Å². The molecule has 1 aliphatic rings. The lowest BCUT2D eigenvalue weighted by Crippen LogP contribution is -2.49. The van der Waals surface area contributed by atoms with Crippen LogP contribution in [0.4, 0.5) is 4.39 Å². The maximum absolute atomic E-state index is 16.1. The Morgan fingerprint density at radius 1 is 0.806 bits per heavy atom. The molecule has 36 heavy (non-hydrogen) atoms. The molecule has 0 unspecified atom stereocenters. The molecule has 0 atom stereocenters. The molecule has 0 bridgehead atoms. The lowest BCUT2D eigenvalue weighted by molar-refractivity contribution is -0.659. The van der Waals surface area contributed by atoms with Crippen LogP contribution in [-0.4, -0.2) is 8.07 Å². The average molecular weight is 489 g/mol. The highest BCUT2D eigenvalue weighted by molar-refractivity contribution is 7.05. The van der Waals surface area contributed by atoms with Crippen molar-refractivity contribution < 1.29 is 13.4 Å². The molecule has 0 saturated carbocycles. The number of fused-ring (bicyclic) bond motifs is 8. The van der Waals surface area contributed by atoms with Crippen LogP contribution in [0.3, 0.4) is 0 Å². The van der Waals surface area contributed by atoms with Gasteiger partial charge in [-0.05, 0) is 64.5 Å². The number of furan rings is 1. The van der Waals surface area contributed by atoms with E-state index in [0.717, 1.165) is 60.7 Å². The van der Waals surface area contributed by atoms with Crippen LogP contribution in [0, 0.1) is 19.7 Å². The van der Waals surface area contributed by atoms with Crippen LogP contribution in [0.1, 0.15) is 11.1 Å². The van der Waals surface area contributed by atoms with E-state index in [4.69, 9.17) is 4.42 Å². The quantitative estimate of drug-likeness (QED) is 0.184. The van der Waals surface area contributed by atoms with E-state index in [9.17, 15) is 0 Å². The fourth-order valence-electron chi connectivity index (χ4n) is 6.46. The first-order valence-electron chi connectivity index (χ1n) is 12.5. The Bertz CT molecular complexity index is 1910. The monoisotopic (exact) mass is 488 g/mol. The number of aryl methyl sites for hydroxylation is 2. The molecule has 0 N–H and O–H groups in total. The number of benzene rings is 4. The molecule has 1 aliphatic heterocycles. The first-order chi connectivity index (χ1) is 17.3. The molecule has 7 rings (SSSR count). The molecule has 2 aromatic heterocycles. The van der Waals surface area contributed by atoms with Gasteiger partial charge in [0.2, 0.25) is 5.69 Å². The summed E-state index contributed by atoms with van der Waals surface area (Å²) in [4.78, 5) is 0. The van der Waals surface area contributed by atoms with Crippen molar-refractivity contribution in [3.63, 3.8) is 0 Å². The van der Waals surface area contributed by atoms with E-state index < -0.39 is 8.07 Å². The number of nitrogens with zero attached hydrogens (tertiary/aromatic N) is 1. The van der Waals surface area contributed by atoms with Gasteiger partial charge in [0.1, 0.15) is 32.1 Å². The molecular weight excluding hydrogens is 461 g/mol. The molecule has 0 spiro atoms. The van der Waals surface area contributed by atoms with Gasteiger partial charge in [-0.15, -0.1) is 0 Å². The third-order valence-electron chi connectivity index (χ3n) is 8.31. The van der Waals surface area contributed by atoms with Crippen molar-refractivity contribution >= 4 is 51.2 Å². The minimum atomic E-state index is -2.10. The molecule has 0 saturated heterocycles. The smallest absolute Gasteiger partial charge is 0.224 e. The predicted molar refractivity (Wildman–Crippen MR) is 149 cm³/mol. The van der Waals surface area contributed by atoms with Crippen molar-refractivity contribution in [3.8, 4) is 22.4 Å². The maximum Gasteiger partial charge on any atom is 0.224 e. The number of aromatic nitrogens is 1. The third kappa shape index (κ3) is 2.62. The van der Waals surface area contributed by atoms with E-state index in [2.05, 4.69) is 74.1 Å². The molecule has 0 amide bonds. The van der Waals surface area contributed by atoms with Gasteiger partial charge in [-0.25, -0.2) is 8.96 Å². The summed E-state index contributed by atoms with van der Waals surface area (Å²) in [5.41, 5.74) is 7.99. The maximum atomic E-state index is 16.1. The molecule has 6 aromatic rings. The van der Waals surface area contributed by atoms with Crippen molar-refractivity contribution in [2.75, 3.05) is 0 Å². The summed E-state index contributed by atoms with van der Waals surface area (Å²) < 4.78 is 24.7. The van der Waals surface area contributed by atoms with E-state index in [-0.39, 0.29) is 5.82 Å². The largest absolute Gasteiger partial charge is 0.455 e. The Hall–Kier alpha value is -3.76. The van der Waals surface area contributed by atoms with Crippen LogP contribution in [0.2, 0.25) is 13.1 Å². The minimum Gasteiger partial charge on any atom is -0.455 e. The van der Waals surface area contributed by atoms with Crippen molar-refractivity contribution in [3.05, 3.63) is 89.9 Å². The van der Waals surface area contributed by atoms with Crippen LogP contribution in [-0.2, 0) is 7.05 Å². The molecule has 0 fully saturated rings. The number of hydrogen-bond donors (Lipinski definition) is 0. The highest BCUT2D eigenvalue weighted by Crippen LogP contribution is 2.42. The number of halogens is 1. The summed E-state index contributed by atoms with van der Waals surface area (Å²) in [5, 5.41) is 6.82. The van der Waals surface area contributed by atoms with Crippen molar-refractivity contribution in [2.45, 2.75) is 26.9 Å². The normalized spacial score (nSPS) is 14.1. The summed E-state index contributed by atoms with van der Waals surface area (Å²) in [6.45, 7) is 8.99. The second-order valence-corrected chi connectivity index (χ2v) is 15.0. The first kappa shape index (κ1) is 21.5. The van der Waals surface area contributed by atoms with E-state index in [1.54, 1.807) is 6.07 Å². The van der Waals surface area contributed by atoms with Crippen molar-refractivity contribution in [2.24, 2.45) is 7.05 Å². The highest BCUT2D eigenvalue weighted by Gasteiger charge is 2.41. The summed E-state index contributed by atoms with van der Waals surface area (Å²) in [7, 11) is -0.0467. The molecule has 176 valence electrons. The van der Waals surface area contributed by atoms with Gasteiger partial charge in [-0.3, -0.25) is 0 Å². The van der Waals surface area contributed by atoms with Crippen LogP contribution in [0.15, 0.2) is 77.3 Å². The minimum absolute atomic E-state index is 0.137. The van der Waals surface area contributed by atoms with Gasteiger partial charge in [0.15, 0.2) is 6.20 Å². The van der Waals surface area contributed by atoms with Gasteiger partial charge in [0.25, 0.3) is 0 Å². The standard InChI is InChI=1S/C32H27FNOSi/c1-18-16-24-20-10-6-8-12-26(20)35-31(24)28(19(18)2)30-23-17-25(33)29-22-11-7-9-13-27(22)36(4,5)32(29)21(23)14-15-34(30)3/h6-17H,1-5H3/q+1. The summed E-state index contributed by atoms with van der Waals surface area (Å²) in [6.07, 6.45) is 2.12. The van der Waals surface area contributed by atoms with Crippen LogP contribution >= 0.6 is 0 Å². The Morgan fingerprint density at radius 3 is 2.39 bits per heavy atom. The average Bonchev–Trinajstić information content (AvgIpc) is 3.34. The van der Waals surface area contributed by atoms with Crippen LogP contribution in [0.5, 0.6) is 0 Å². The Balaban J connectivity index is 1.66. The number of pyridine rings is 1. The van der Waals surface area contributed by atoms with Gasteiger partial charge in [0.05, 0.1) is 10.9 Å². The van der Waals surface area contributed by atoms with Crippen molar-refractivity contribution in [1.29, 1.82) is 0 Å². The molecular formula is C32H27FNOSi+. The molecule has 2 nitrogen and oxygen atoms in total. The molecule has 0 aliphatic carbocycles. The summed E-state index contributed by atoms with van der Waals surface area (Å²) in [5.74, 6) is -0.137. The second kappa shape index (κ2) is 7.14. The fourth-order valence-corrected chi connectivity index (χ4v) is 9.90. The van der Waals surface area contributed by atoms with Gasteiger partial charge in [-0.1, -0.05) is 55.6 Å².